The molecule has 6 heteroatoms. The Hall–Kier alpha value is -1.95. The van der Waals surface area contributed by atoms with Gasteiger partial charge in [0, 0.05) is 18.9 Å². The van der Waals surface area contributed by atoms with Gasteiger partial charge >= 0.3 is 5.97 Å². The highest BCUT2D eigenvalue weighted by molar-refractivity contribution is 6.01. The highest BCUT2D eigenvalue weighted by atomic mass is 16.5. The summed E-state index contributed by atoms with van der Waals surface area (Å²) in [6, 6.07) is 2.46. The van der Waals surface area contributed by atoms with E-state index in [4.69, 9.17) is 5.73 Å². The second-order valence-corrected chi connectivity index (χ2v) is 3.63. The number of hydrogen-bond donors (Lipinski definition) is 2. The zero-order valence-corrected chi connectivity index (χ0v) is 10.3. The first-order valence-electron chi connectivity index (χ1n) is 5.74. The molecule has 1 atom stereocenters. The minimum Gasteiger partial charge on any atom is -0.464 e. The van der Waals surface area contributed by atoms with E-state index in [0.29, 0.717) is 13.0 Å². The van der Waals surface area contributed by atoms with Gasteiger partial charge in [-0.1, -0.05) is 6.07 Å². The Morgan fingerprint density at radius 1 is 1.56 bits per heavy atom. The average Bonchev–Trinajstić information content (AvgIpc) is 2.39. The molecule has 0 aromatic carbocycles. The van der Waals surface area contributed by atoms with Gasteiger partial charge in [0.2, 0.25) is 5.91 Å². The average molecular weight is 251 g/mol. The smallest absolute Gasteiger partial charge is 0.332 e. The lowest BCUT2D eigenvalue weighted by molar-refractivity contribution is -0.147. The lowest BCUT2D eigenvalue weighted by Crippen LogP contribution is -2.47. The monoisotopic (exact) mass is 251 g/mol. The van der Waals surface area contributed by atoms with Crippen molar-refractivity contribution in [3.8, 4) is 0 Å². The maximum Gasteiger partial charge on any atom is 0.332 e. The number of amides is 1. The minimum atomic E-state index is -1.26. The van der Waals surface area contributed by atoms with Crippen molar-refractivity contribution in [2.75, 3.05) is 13.2 Å². The zero-order valence-electron chi connectivity index (χ0n) is 10.3. The van der Waals surface area contributed by atoms with E-state index in [1.165, 1.54) is 0 Å². The summed E-state index contributed by atoms with van der Waals surface area (Å²) in [5.74, 6) is -1.24. The summed E-state index contributed by atoms with van der Waals surface area (Å²) >= 11 is 0. The van der Waals surface area contributed by atoms with Crippen molar-refractivity contribution in [3.63, 3.8) is 0 Å². The van der Waals surface area contributed by atoms with E-state index < -0.39 is 17.9 Å². The molecule has 1 aromatic rings. The first-order chi connectivity index (χ1) is 8.65. The molecule has 1 aromatic heterocycles. The molecule has 18 heavy (non-hydrogen) atoms. The molecule has 6 nitrogen and oxygen atoms in total. The molecule has 0 saturated carbocycles. The van der Waals surface area contributed by atoms with Crippen molar-refractivity contribution in [3.05, 3.63) is 30.1 Å². The van der Waals surface area contributed by atoms with Crippen LogP contribution in [-0.4, -0.2) is 36.1 Å². The van der Waals surface area contributed by atoms with E-state index in [2.05, 4.69) is 15.0 Å². The Kier molecular flexibility index (Phi) is 5.79. The van der Waals surface area contributed by atoms with Crippen molar-refractivity contribution >= 4 is 11.9 Å². The van der Waals surface area contributed by atoms with Gasteiger partial charge in [0.1, 0.15) is 0 Å². The Labute approximate surface area is 106 Å². The van der Waals surface area contributed by atoms with Gasteiger partial charge in [-0.2, -0.15) is 0 Å². The normalized spacial score (nSPS) is 11.7. The van der Waals surface area contributed by atoms with Crippen LogP contribution in [0, 0.1) is 0 Å². The number of nitrogens with one attached hydrogen (secondary N) is 1. The molecule has 0 radical (unpaired) electrons. The maximum atomic E-state index is 11.5. The number of hydrogen-bond acceptors (Lipinski definition) is 5. The van der Waals surface area contributed by atoms with Crippen LogP contribution >= 0.6 is 0 Å². The predicted octanol–water partition coefficient (Wildman–Crippen LogP) is -0.369. The molecule has 1 amide bonds. The highest BCUT2D eigenvalue weighted by Gasteiger charge is 2.22. The van der Waals surface area contributed by atoms with Crippen LogP contribution < -0.4 is 11.1 Å². The van der Waals surface area contributed by atoms with Gasteiger partial charge in [-0.05, 0) is 25.0 Å². The molecule has 0 spiro atoms. The fourth-order valence-corrected chi connectivity index (χ4v) is 1.33. The summed E-state index contributed by atoms with van der Waals surface area (Å²) in [6.45, 7) is 2.26. The van der Waals surface area contributed by atoms with Crippen LogP contribution in [0.3, 0.4) is 0 Å². The quantitative estimate of drug-likeness (QED) is 0.531. The van der Waals surface area contributed by atoms with E-state index >= 15 is 0 Å². The summed E-state index contributed by atoms with van der Waals surface area (Å²) in [5, 5.41) is 2.58. The van der Waals surface area contributed by atoms with E-state index in [-0.39, 0.29) is 6.61 Å². The summed E-state index contributed by atoms with van der Waals surface area (Å²) in [4.78, 5) is 26.7. The van der Waals surface area contributed by atoms with Crippen molar-refractivity contribution in [2.45, 2.75) is 19.4 Å². The van der Waals surface area contributed by atoms with Gasteiger partial charge in [0.05, 0.1) is 6.61 Å². The third kappa shape index (κ3) is 4.50. The Balaban J connectivity index is 2.31. The number of carbonyl (C=O) groups excluding carboxylic acids is 2. The lowest BCUT2D eigenvalue weighted by Gasteiger charge is -2.10. The molecule has 0 aliphatic carbocycles. The summed E-state index contributed by atoms with van der Waals surface area (Å²) in [6.07, 6.45) is 4.03. The zero-order chi connectivity index (χ0) is 13.4. The van der Waals surface area contributed by atoms with Crippen LogP contribution in [-0.2, 0) is 20.7 Å². The van der Waals surface area contributed by atoms with Crippen LogP contribution in [0.1, 0.15) is 12.5 Å². The van der Waals surface area contributed by atoms with Gasteiger partial charge < -0.3 is 15.8 Å². The molecular formula is C12H17N3O3. The van der Waals surface area contributed by atoms with Gasteiger partial charge in [-0.3, -0.25) is 9.78 Å². The number of carbonyl (C=O) groups is 2. The molecule has 0 aliphatic rings. The number of aromatic nitrogens is 1. The highest BCUT2D eigenvalue weighted by Crippen LogP contribution is 1.95. The number of nitrogens with two attached hydrogens (primary N) is 1. The van der Waals surface area contributed by atoms with Crippen molar-refractivity contribution in [2.24, 2.45) is 5.73 Å². The molecule has 1 unspecified atom stereocenters. The number of rotatable bonds is 6. The summed E-state index contributed by atoms with van der Waals surface area (Å²) < 4.78 is 4.65. The fourth-order valence-electron chi connectivity index (χ4n) is 1.33. The molecule has 3 N–H and O–H groups in total. The third-order valence-corrected chi connectivity index (χ3v) is 2.26. The molecule has 0 bridgehead atoms. The van der Waals surface area contributed by atoms with Crippen molar-refractivity contribution in [1.29, 1.82) is 0 Å². The van der Waals surface area contributed by atoms with Crippen LogP contribution in [0.4, 0.5) is 0 Å². The first-order valence-corrected chi connectivity index (χ1v) is 5.74. The van der Waals surface area contributed by atoms with Gasteiger partial charge in [-0.25, -0.2) is 4.79 Å². The number of pyridine rings is 1. The van der Waals surface area contributed by atoms with Crippen LogP contribution in [0.5, 0.6) is 0 Å². The van der Waals surface area contributed by atoms with E-state index in [1.54, 1.807) is 19.3 Å². The van der Waals surface area contributed by atoms with Gasteiger partial charge in [0.15, 0.2) is 6.04 Å². The van der Waals surface area contributed by atoms with Crippen molar-refractivity contribution in [1.82, 2.24) is 10.3 Å². The molecule has 98 valence electrons. The van der Waals surface area contributed by atoms with Crippen LogP contribution in [0.15, 0.2) is 24.5 Å². The molecule has 1 heterocycles. The second kappa shape index (κ2) is 7.39. The molecule has 0 aliphatic heterocycles. The minimum absolute atomic E-state index is 0.204. The van der Waals surface area contributed by atoms with E-state index in [9.17, 15) is 9.59 Å². The lowest BCUT2D eigenvalue weighted by atomic mass is 10.2. The first kappa shape index (κ1) is 14.1. The standard InChI is InChI=1S/C12H17N3O3/c1-2-18-12(17)10(13)11(16)15-7-5-9-4-3-6-14-8-9/h3-4,6,8,10H,2,5,7,13H2,1H3,(H,15,16). The van der Waals surface area contributed by atoms with Gasteiger partial charge in [-0.15, -0.1) is 0 Å². The SMILES string of the molecule is CCOC(=O)C(N)C(=O)NCCc1cccnc1. The number of ether oxygens (including phenoxy) is 1. The Morgan fingerprint density at radius 3 is 2.94 bits per heavy atom. The number of esters is 1. The molecular weight excluding hydrogens is 234 g/mol. The van der Waals surface area contributed by atoms with Crippen LogP contribution in [0.2, 0.25) is 0 Å². The summed E-state index contributed by atoms with van der Waals surface area (Å²) in [7, 11) is 0. The fraction of sp³-hybridized carbons (Fsp3) is 0.417. The Morgan fingerprint density at radius 2 is 2.33 bits per heavy atom. The van der Waals surface area contributed by atoms with Crippen molar-refractivity contribution < 1.29 is 14.3 Å². The van der Waals surface area contributed by atoms with Crippen LogP contribution in [0.25, 0.3) is 0 Å². The molecule has 0 saturated heterocycles. The molecule has 1 rings (SSSR count). The van der Waals surface area contributed by atoms with Gasteiger partial charge in [0.25, 0.3) is 0 Å². The number of nitrogens with zero attached hydrogens (tertiary/aromatic N) is 1. The topological polar surface area (TPSA) is 94.3 Å². The Bertz CT molecular complexity index is 395. The van der Waals surface area contributed by atoms with E-state index in [1.807, 2.05) is 12.1 Å². The largest absolute Gasteiger partial charge is 0.464 e. The molecule has 0 fully saturated rings. The predicted molar refractivity (Wildman–Crippen MR) is 65.6 cm³/mol. The maximum absolute atomic E-state index is 11.5. The third-order valence-electron chi connectivity index (χ3n) is 2.26. The van der Waals surface area contributed by atoms with E-state index in [0.717, 1.165) is 5.56 Å². The summed E-state index contributed by atoms with van der Waals surface area (Å²) in [5.41, 5.74) is 6.43. The second-order valence-electron chi connectivity index (χ2n) is 3.63.